The highest BCUT2D eigenvalue weighted by atomic mass is 16.5. The lowest BCUT2D eigenvalue weighted by Gasteiger charge is -2.19. The van der Waals surface area contributed by atoms with Crippen molar-refractivity contribution in [1.82, 2.24) is 0 Å². The number of ether oxygens (including phenoxy) is 2. The van der Waals surface area contributed by atoms with Gasteiger partial charge in [0.05, 0.1) is 19.8 Å². The van der Waals surface area contributed by atoms with Crippen molar-refractivity contribution in [3.63, 3.8) is 0 Å². The summed E-state index contributed by atoms with van der Waals surface area (Å²) in [6.07, 6.45) is 2.34. The number of benzene rings is 1. The molecule has 0 aliphatic carbocycles. The van der Waals surface area contributed by atoms with Gasteiger partial charge in [0, 0.05) is 17.6 Å². The van der Waals surface area contributed by atoms with E-state index in [2.05, 4.69) is 0 Å². The van der Waals surface area contributed by atoms with Crippen LogP contribution in [0.4, 0.5) is 0 Å². The van der Waals surface area contributed by atoms with E-state index >= 15 is 0 Å². The van der Waals surface area contributed by atoms with Crippen LogP contribution in [0, 0.1) is 0 Å². The predicted molar refractivity (Wildman–Crippen MR) is 73.2 cm³/mol. The first-order valence-corrected chi connectivity index (χ1v) is 6.26. The van der Waals surface area contributed by atoms with E-state index in [4.69, 9.17) is 9.47 Å². The highest BCUT2D eigenvalue weighted by Gasteiger charge is 2.18. The average Bonchev–Trinajstić information content (AvgIpc) is 2.39. The second-order valence-electron chi connectivity index (χ2n) is 4.12. The summed E-state index contributed by atoms with van der Waals surface area (Å²) in [7, 11) is 1.58. The van der Waals surface area contributed by atoms with Crippen molar-refractivity contribution in [3.8, 4) is 5.75 Å². The van der Waals surface area contributed by atoms with Gasteiger partial charge in [-0.05, 0) is 19.9 Å². The Morgan fingerprint density at radius 3 is 2.68 bits per heavy atom. The number of carbonyl (C=O) groups is 1. The molecule has 0 spiro atoms. The molecular weight excluding hydrogens is 244 g/mol. The van der Waals surface area contributed by atoms with Crippen molar-refractivity contribution < 1.29 is 19.4 Å². The smallest absolute Gasteiger partial charge is 0.330 e. The molecule has 0 aliphatic heterocycles. The predicted octanol–water partition coefficient (Wildman–Crippen LogP) is 2.28. The van der Waals surface area contributed by atoms with E-state index in [0.29, 0.717) is 12.4 Å². The van der Waals surface area contributed by atoms with Crippen molar-refractivity contribution in [2.24, 2.45) is 0 Å². The zero-order valence-corrected chi connectivity index (χ0v) is 11.5. The van der Waals surface area contributed by atoms with Crippen molar-refractivity contribution in [3.05, 3.63) is 42.0 Å². The van der Waals surface area contributed by atoms with Crippen LogP contribution in [0.1, 0.15) is 25.3 Å². The summed E-state index contributed by atoms with van der Waals surface area (Å²) in [5.41, 5.74) is 0.834. The Morgan fingerprint density at radius 2 is 2.11 bits per heavy atom. The molecular formula is C15H20O4. The van der Waals surface area contributed by atoms with Crippen molar-refractivity contribution in [2.75, 3.05) is 13.7 Å². The topological polar surface area (TPSA) is 55.8 Å². The van der Waals surface area contributed by atoms with Crippen LogP contribution in [0.5, 0.6) is 5.75 Å². The molecule has 0 amide bonds. The Labute approximate surface area is 113 Å². The standard InChI is InChI=1S/C15H20O4/c1-4-19-15(17)10-9-12(11(2)16)13-7-5-6-8-14(13)18-3/h5-12,16H,4H2,1-3H3/b10-9+/t11-,12+/m0/s1. The van der Waals surface area contributed by atoms with Gasteiger partial charge in [0.2, 0.25) is 0 Å². The zero-order chi connectivity index (χ0) is 14.3. The minimum Gasteiger partial charge on any atom is -0.496 e. The van der Waals surface area contributed by atoms with Gasteiger partial charge in [0.15, 0.2) is 0 Å². The molecule has 19 heavy (non-hydrogen) atoms. The number of aliphatic hydroxyl groups is 1. The maximum atomic E-state index is 11.3. The maximum Gasteiger partial charge on any atom is 0.330 e. The van der Waals surface area contributed by atoms with Gasteiger partial charge in [-0.15, -0.1) is 0 Å². The SMILES string of the molecule is CCOC(=O)/C=C/[C@@H](c1ccccc1OC)[C@H](C)O. The van der Waals surface area contributed by atoms with E-state index in [1.54, 1.807) is 27.0 Å². The fourth-order valence-electron chi connectivity index (χ4n) is 1.84. The fraction of sp³-hybridized carbons (Fsp3) is 0.400. The summed E-state index contributed by atoms with van der Waals surface area (Å²) in [6.45, 7) is 3.75. The molecule has 0 saturated heterocycles. The lowest BCUT2D eigenvalue weighted by atomic mass is 9.93. The van der Waals surface area contributed by atoms with E-state index in [1.165, 1.54) is 6.08 Å². The molecule has 1 rings (SSSR count). The molecule has 104 valence electrons. The Morgan fingerprint density at radius 1 is 1.42 bits per heavy atom. The summed E-state index contributed by atoms with van der Waals surface area (Å²) >= 11 is 0. The van der Waals surface area contributed by atoms with E-state index in [9.17, 15) is 9.90 Å². The zero-order valence-electron chi connectivity index (χ0n) is 11.5. The average molecular weight is 264 g/mol. The molecule has 2 atom stereocenters. The van der Waals surface area contributed by atoms with E-state index < -0.39 is 12.1 Å². The number of methoxy groups -OCH3 is 1. The number of hydrogen-bond acceptors (Lipinski definition) is 4. The van der Waals surface area contributed by atoms with Gasteiger partial charge >= 0.3 is 5.97 Å². The summed E-state index contributed by atoms with van der Waals surface area (Å²) in [5.74, 6) is -0.0505. The quantitative estimate of drug-likeness (QED) is 0.632. The lowest BCUT2D eigenvalue weighted by molar-refractivity contribution is -0.137. The molecule has 1 N–H and O–H groups in total. The fourth-order valence-corrected chi connectivity index (χ4v) is 1.84. The number of hydrogen-bond donors (Lipinski definition) is 1. The summed E-state index contributed by atoms with van der Waals surface area (Å²) in [6, 6.07) is 7.41. The van der Waals surface area contributed by atoms with Crippen molar-refractivity contribution in [1.29, 1.82) is 0 Å². The first-order valence-electron chi connectivity index (χ1n) is 6.26. The highest BCUT2D eigenvalue weighted by molar-refractivity contribution is 5.82. The first kappa shape index (κ1) is 15.2. The molecule has 1 aromatic carbocycles. The molecule has 0 aliphatic rings. The van der Waals surface area contributed by atoms with Crippen molar-refractivity contribution >= 4 is 5.97 Å². The van der Waals surface area contributed by atoms with Crippen LogP contribution in [-0.2, 0) is 9.53 Å². The molecule has 0 saturated carbocycles. The molecule has 0 bridgehead atoms. The largest absolute Gasteiger partial charge is 0.496 e. The van der Waals surface area contributed by atoms with Gasteiger partial charge in [-0.25, -0.2) is 4.79 Å². The number of esters is 1. The van der Waals surface area contributed by atoms with Gasteiger partial charge in [-0.1, -0.05) is 24.3 Å². The summed E-state index contributed by atoms with van der Waals surface area (Å²) < 4.78 is 10.1. The number of rotatable bonds is 6. The third kappa shape index (κ3) is 4.41. The monoisotopic (exact) mass is 264 g/mol. The second-order valence-corrected chi connectivity index (χ2v) is 4.12. The molecule has 0 aromatic heterocycles. The van der Waals surface area contributed by atoms with E-state index in [0.717, 1.165) is 5.56 Å². The van der Waals surface area contributed by atoms with Gasteiger partial charge in [0.25, 0.3) is 0 Å². The Hall–Kier alpha value is -1.81. The van der Waals surface area contributed by atoms with Crippen LogP contribution >= 0.6 is 0 Å². The maximum absolute atomic E-state index is 11.3. The molecule has 0 fully saturated rings. The van der Waals surface area contributed by atoms with Crippen LogP contribution < -0.4 is 4.74 Å². The minimum absolute atomic E-state index is 0.319. The number of aliphatic hydroxyl groups excluding tert-OH is 1. The van der Waals surface area contributed by atoms with Crippen LogP contribution in [-0.4, -0.2) is 30.9 Å². The van der Waals surface area contributed by atoms with Crippen LogP contribution in [0.2, 0.25) is 0 Å². The Kier molecular flexibility index (Phi) is 6.09. The van der Waals surface area contributed by atoms with Crippen LogP contribution in [0.25, 0.3) is 0 Å². The molecule has 0 radical (unpaired) electrons. The van der Waals surface area contributed by atoms with Crippen LogP contribution in [0.15, 0.2) is 36.4 Å². The van der Waals surface area contributed by atoms with E-state index in [-0.39, 0.29) is 5.92 Å². The Bertz CT molecular complexity index is 438. The van der Waals surface area contributed by atoms with Gasteiger partial charge in [-0.3, -0.25) is 0 Å². The molecule has 0 unspecified atom stereocenters. The molecule has 4 heteroatoms. The summed E-state index contributed by atoms with van der Waals surface area (Å²) in [4.78, 5) is 11.3. The first-order chi connectivity index (χ1) is 9.10. The third-order valence-corrected chi connectivity index (χ3v) is 2.74. The van der Waals surface area contributed by atoms with Crippen molar-refractivity contribution in [2.45, 2.75) is 25.9 Å². The normalized spacial score (nSPS) is 14.1. The Balaban J connectivity index is 2.98. The minimum atomic E-state index is -0.637. The third-order valence-electron chi connectivity index (χ3n) is 2.74. The molecule has 0 heterocycles. The van der Waals surface area contributed by atoms with E-state index in [1.807, 2.05) is 24.3 Å². The van der Waals surface area contributed by atoms with Crippen LogP contribution in [0.3, 0.4) is 0 Å². The molecule has 4 nitrogen and oxygen atoms in total. The van der Waals surface area contributed by atoms with Gasteiger partial charge < -0.3 is 14.6 Å². The highest BCUT2D eigenvalue weighted by Crippen LogP contribution is 2.29. The number of carbonyl (C=O) groups excluding carboxylic acids is 1. The number of para-hydroxylation sites is 1. The van der Waals surface area contributed by atoms with Gasteiger partial charge in [0.1, 0.15) is 5.75 Å². The lowest BCUT2D eigenvalue weighted by Crippen LogP contribution is -2.14. The van der Waals surface area contributed by atoms with Gasteiger partial charge in [-0.2, -0.15) is 0 Å². The molecule has 1 aromatic rings. The second kappa shape index (κ2) is 7.59. The summed E-state index contributed by atoms with van der Waals surface area (Å²) in [5, 5.41) is 9.87.